The first-order valence-corrected chi connectivity index (χ1v) is 6.57. The second-order valence-corrected chi connectivity index (χ2v) is 5.67. The van der Waals surface area contributed by atoms with Gasteiger partial charge in [0, 0.05) is 12.5 Å². The van der Waals surface area contributed by atoms with Gasteiger partial charge in [-0.15, -0.1) is 0 Å². The van der Waals surface area contributed by atoms with Crippen LogP contribution in [-0.2, 0) is 16.4 Å². The third-order valence-electron chi connectivity index (χ3n) is 2.65. The molecule has 2 atom stereocenters. The number of aromatic amines is 1. The Morgan fingerprint density at radius 3 is 2.80 bits per heavy atom. The van der Waals surface area contributed by atoms with Gasteiger partial charge in [-0.1, -0.05) is 13.8 Å². The zero-order chi connectivity index (χ0) is 11.1. The van der Waals surface area contributed by atoms with E-state index in [-0.39, 0.29) is 11.1 Å². The third kappa shape index (κ3) is 2.21. The minimum Gasteiger partial charge on any atom is -0.332 e. The van der Waals surface area contributed by atoms with E-state index in [1.165, 1.54) is 6.20 Å². The zero-order valence-electron chi connectivity index (χ0n) is 8.82. The van der Waals surface area contributed by atoms with Crippen molar-refractivity contribution in [2.45, 2.75) is 37.8 Å². The van der Waals surface area contributed by atoms with Crippen molar-refractivity contribution in [3.05, 3.63) is 12.0 Å². The van der Waals surface area contributed by atoms with Crippen LogP contribution in [0.4, 0.5) is 0 Å². The maximum absolute atomic E-state index is 11.8. The Balaban J connectivity index is 2.14. The summed E-state index contributed by atoms with van der Waals surface area (Å²) in [5.74, 6) is 1.15. The van der Waals surface area contributed by atoms with Gasteiger partial charge in [-0.3, -0.25) is 0 Å². The number of aryl methyl sites for hydroxylation is 1. The van der Waals surface area contributed by atoms with Gasteiger partial charge >= 0.3 is 0 Å². The molecule has 2 unspecified atom stereocenters. The minimum absolute atomic E-state index is 0.100. The van der Waals surface area contributed by atoms with Crippen molar-refractivity contribution >= 4 is 10.0 Å². The van der Waals surface area contributed by atoms with Gasteiger partial charge in [0.2, 0.25) is 0 Å². The molecule has 1 aliphatic carbocycles. The lowest BCUT2D eigenvalue weighted by molar-refractivity contribution is 0.575. The van der Waals surface area contributed by atoms with E-state index in [2.05, 4.69) is 14.7 Å². The molecule has 0 amide bonds. The van der Waals surface area contributed by atoms with E-state index in [1.807, 2.05) is 13.8 Å². The molecule has 0 radical (unpaired) electrons. The van der Waals surface area contributed by atoms with Gasteiger partial charge in [-0.05, 0) is 12.3 Å². The average Bonchev–Trinajstić information content (AvgIpc) is 2.72. The van der Waals surface area contributed by atoms with Crippen LogP contribution in [-0.4, -0.2) is 24.4 Å². The Hall–Kier alpha value is -0.880. The quantitative estimate of drug-likeness (QED) is 0.796. The highest BCUT2D eigenvalue weighted by Gasteiger charge is 2.36. The van der Waals surface area contributed by atoms with Crippen molar-refractivity contribution in [3.63, 3.8) is 0 Å². The molecule has 1 saturated carbocycles. The van der Waals surface area contributed by atoms with Crippen LogP contribution in [0.5, 0.6) is 0 Å². The molecule has 0 spiro atoms. The van der Waals surface area contributed by atoms with E-state index in [0.29, 0.717) is 18.2 Å². The Bertz CT molecular complexity index is 452. The number of hydrogen-bond donors (Lipinski definition) is 2. The summed E-state index contributed by atoms with van der Waals surface area (Å²) in [6, 6.07) is 0.100. The van der Waals surface area contributed by atoms with Crippen LogP contribution in [0.15, 0.2) is 11.2 Å². The second kappa shape index (κ2) is 3.61. The van der Waals surface area contributed by atoms with E-state index in [9.17, 15) is 8.42 Å². The number of H-pyrrole nitrogens is 1. The van der Waals surface area contributed by atoms with E-state index in [1.54, 1.807) is 0 Å². The van der Waals surface area contributed by atoms with Crippen LogP contribution in [0.2, 0.25) is 0 Å². The monoisotopic (exact) mass is 229 g/mol. The van der Waals surface area contributed by atoms with Gasteiger partial charge in [0.1, 0.15) is 5.82 Å². The lowest BCUT2D eigenvalue weighted by Gasteiger charge is -2.02. The van der Waals surface area contributed by atoms with Crippen molar-refractivity contribution in [1.29, 1.82) is 0 Å². The summed E-state index contributed by atoms with van der Waals surface area (Å²) in [6.45, 7) is 3.95. The third-order valence-corrected chi connectivity index (χ3v) is 4.05. The summed E-state index contributed by atoms with van der Waals surface area (Å²) >= 11 is 0. The molecule has 1 fully saturated rings. The van der Waals surface area contributed by atoms with Gasteiger partial charge in [0.25, 0.3) is 10.0 Å². The normalized spacial score (nSPS) is 25.5. The average molecular weight is 229 g/mol. The molecule has 2 N–H and O–H groups in total. The summed E-state index contributed by atoms with van der Waals surface area (Å²) < 4.78 is 26.2. The van der Waals surface area contributed by atoms with Gasteiger partial charge in [0.05, 0.1) is 6.20 Å². The number of aromatic nitrogens is 2. The fourth-order valence-corrected chi connectivity index (χ4v) is 2.71. The Morgan fingerprint density at radius 1 is 1.67 bits per heavy atom. The van der Waals surface area contributed by atoms with Crippen molar-refractivity contribution in [2.75, 3.05) is 0 Å². The van der Waals surface area contributed by atoms with E-state index < -0.39 is 10.0 Å². The maximum Gasteiger partial charge on any atom is 0.257 e. The van der Waals surface area contributed by atoms with Gasteiger partial charge in [-0.2, -0.15) is 0 Å². The molecule has 6 heteroatoms. The molecule has 1 heterocycles. The number of nitrogens with zero attached hydrogens (tertiary/aromatic N) is 1. The number of rotatable bonds is 4. The molecule has 0 saturated heterocycles. The number of nitrogens with one attached hydrogen (secondary N) is 2. The molecule has 0 bridgehead atoms. The maximum atomic E-state index is 11.8. The van der Waals surface area contributed by atoms with Gasteiger partial charge in [-0.25, -0.2) is 18.1 Å². The minimum atomic E-state index is -3.39. The number of hydrogen-bond acceptors (Lipinski definition) is 3. The summed E-state index contributed by atoms with van der Waals surface area (Å²) in [5.41, 5.74) is 0. The molecule has 84 valence electrons. The zero-order valence-corrected chi connectivity index (χ0v) is 9.63. The Kier molecular flexibility index (Phi) is 2.56. The van der Waals surface area contributed by atoms with E-state index >= 15 is 0 Å². The first-order chi connectivity index (χ1) is 7.03. The fourth-order valence-electron chi connectivity index (χ4n) is 1.41. The SMILES string of the molecule is CCc1ncc(S(=O)(=O)NC2CC2C)[nH]1. The molecule has 0 aliphatic heterocycles. The van der Waals surface area contributed by atoms with E-state index in [0.717, 1.165) is 6.42 Å². The van der Waals surface area contributed by atoms with Crippen molar-refractivity contribution in [2.24, 2.45) is 5.92 Å². The molecule has 1 aromatic heterocycles. The largest absolute Gasteiger partial charge is 0.332 e. The van der Waals surface area contributed by atoms with Crippen LogP contribution in [0, 0.1) is 5.92 Å². The van der Waals surface area contributed by atoms with Gasteiger partial charge < -0.3 is 4.98 Å². The standard InChI is InChI=1S/C9H15N3O2S/c1-3-8-10-5-9(11-8)15(13,14)12-7-4-6(7)2/h5-7,12H,3-4H2,1-2H3,(H,10,11). The van der Waals surface area contributed by atoms with Crippen LogP contribution in [0.1, 0.15) is 26.1 Å². The summed E-state index contributed by atoms with van der Waals surface area (Å²) in [7, 11) is -3.39. The van der Waals surface area contributed by atoms with Crippen LogP contribution in [0.3, 0.4) is 0 Å². The van der Waals surface area contributed by atoms with Crippen molar-refractivity contribution in [3.8, 4) is 0 Å². The molecule has 2 rings (SSSR count). The number of sulfonamides is 1. The number of imidazole rings is 1. The molecule has 1 aromatic rings. The fraction of sp³-hybridized carbons (Fsp3) is 0.667. The van der Waals surface area contributed by atoms with Crippen molar-refractivity contribution < 1.29 is 8.42 Å². The molecule has 0 aromatic carbocycles. The van der Waals surface area contributed by atoms with E-state index in [4.69, 9.17) is 0 Å². The highest BCUT2D eigenvalue weighted by molar-refractivity contribution is 7.89. The van der Waals surface area contributed by atoms with Gasteiger partial charge in [0.15, 0.2) is 5.03 Å². The lowest BCUT2D eigenvalue weighted by atomic mass is 10.5. The van der Waals surface area contributed by atoms with Crippen LogP contribution >= 0.6 is 0 Å². The first-order valence-electron chi connectivity index (χ1n) is 5.09. The summed E-state index contributed by atoms with van der Waals surface area (Å²) in [5, 5.41) is 0.165. The summed E-state index contributed by atoms with van der Waals surface area (Å²) in [4.78, 5) is 6.76. The van der Waals surface area contributed by atoms with Crippen LogP contribution in [0.25, 0.3) is 0 Å². The Morgan fingerprint density at radius 2 is 2.33 bits per heavy atom. The molecule has 5 nitrogen and oxygen atoms in total. The predicted octanol–water partition coefficient (Wildman–Crippen LogP) is 0.659. The Labute approximate surface area is 89.4 Å². The molecule has 15 heavy (non-hydrogen) atoms. The molecular weight excluding hydrogens is 214 g/mol. The highest BCUT2D eigenvalue weighted by Crippen LogP contribution is 2.30. The second-order valence-electron chi connectivity index (χ2n) is 3.99. The molecular formula is C9H15N3O2S. The molecule has 1 aliphatic rings. The topological polar surface area (TPSA) is 74.8 Å². The lowest BCUT2D eigenvalue weighted by Crippen LogP contribution is -2.27. The highest BCUT2D eigenvalue weighted by atomic mass is 32.2. The smallest absolute Gasteiger partial charge is 0.257 e. The van der Waals surface area contributed by atoms with Crippen molar-refractivity contribution in [1.82, 2.24) is 14.7 Å². The van der Waals surface area contributed by atoms with Crippen LogP contribution < -0.4 is 4.72 Å². The predicted molar refractivity (Wildman–Crippen MR) is 55.9 cm³/mol. The first kappa shape index (κ1) is 10.6. The summed E-state index contributed by atoms with van der Waals surface area (Å²) in [6.07, 6.45) is 3.00.